The summed E-state index contributed by atoms with van der Waals surface area (Å²) in [6.07, 6.45) is 9.30. The van der Waals surface area contributed by atoms with E-state index in [4.69, 9.17) is 23.7 Å². The van der Waals surface area contributed by atoms with Gasteiger partial charge in [-0.2, -0.15) is 0 Å². The summed E-state index contributed by atoms with van der Waals surface area (Å²) in [4.78, 5) is 12.6. The van der Waals surface area contributed by atoms with Gasteiger partial charge in [0.25, 0.3) is 0 Å². The summed E-state index contributed by atoms with van der Waals surface area (Å²) in [6.45, 7) is 12.7. The molecule has 2 heterocycles. The lowest BCUT2D eigenvalue weighted by molar-refractivity contribution is -0.310. The molecule has 0 radical (unpaired) electrons. The van der Waals surface area contributed by atoms with E-state index in [0.717, 1.165) is 77.4 Å². The zero-order valence-electron chi connectivity index (χ0n) is 20.1. The Balaban J connectivity index is 1.39. The minimum absolute atomic E-state index is 0.148. The normalized spacial score (nSPS) is 46.4. The van der Waals surface area contributed by atoms with Crippen LogP contribution >= 0.6 is 0 Å². The van der Waals surface area contributed by atoms with E-state index in [1.165, 1.54) is 0 Å². The number of hydrogen-bond donors (Lipinski definition) is 0. The fraction of sp³-hybridized carbons (Fsp3) is 0.885. The fourth-order valence-electron chi connectivity index (χ4n) is 7.24. The summed E-state index contributed by atoms with van der Waals surface area (Å²) >= 11 is 0. The van der Waals surface area contributed by atoms with Gasteiger partial charge in [0.05, 0.1) is 48.8 Å². The average molecular weight is 449 g/mol. The van der Waals surface area contributed by atoms with E-state index in [2.05, 4.69) is 20.4 Å². The van der Waals surface area contributed by atoms with Crippen LogP contribution in [0, 0.1) is 5.92 Å². The van der Waals surface area contributed by atoms with Crippen LogP contribution in [0.3, 0.4) is 0 Å². The van der Waals surface area contributed by atoms with Gasteiger partial charge in [0.2, 0.25) is 0 Å². The van der Waals surface area contributed by atoms with Crippen LogP contribution in [0.2, 0.25) is 0 Å². The van der Waals surface area contributed by atoms with E-state index in [0.29, 0.717) is 24.7 Å². The first-order valence-electron chi connectivity index (χ1n) is 12.6. The van der Waals surface area contributed by atoms with Crippen molar-refractivity contribution in [2.24, 2.45) is 5.92 Å². The minimum Gasteiger partial charge on any atom is -0.455 e. The van der Waals surface area contributed by atoms with E-state index < -0.39 is 5.60 Å². The molecule has 0 N–H and O–H groups in total. The first-order valence-corrected chi connectivity index (χ1v) is 12.6. The number of rotatable bonds is 10. The second-order valence-corrected chi connectivity index (χ2v) is 11.6. The van der Waals surface area contributed by atoms with Crippen molar-refractivity contribution in [1.29, 1.82) is 0 Å². The Morgan fingerprint density at radius 1 is 0.875 bits per heavy atom. The molecule has 6 aliphatic rings. The standard InChI is InChI=1S/C26H40O6/c1-5-22(7-9-28-22)17-30-24-11-20-12-25(14-24,31-18-23(6-2)8-10-29-23)16-26(13-20,15-24)32-21(27)19(3)4/h20H,3,5-18H2,1-2,4H3. The first-order chi connectivity index (χ1) is 15.2. The van der Waals surface area contributed by atoms with Gasteiger partial charge in [-0.25, -0.2) is 4.79 Å². The third kappa shape index (κ3) is 3.85. The molecule has 4 saturated carbocycles. The maximum absolute atomic E-state index is 12.6. The topological polar surface area (TPSA) is 63.2 Å². The summed E-state index contributed by atoms with van der Waals surface area (Å²) in [5.41, 5.74) is -1.03. The number of esters is 1. The lowest BCUT2D eigenvalue weighted by atomic mass is 9.50. The highest BCUT2D eigenvalue weighted by Gasteiger charge is 2.67. The zero-order chi connectivity index (χ0) is 22.7. The van der Waals surface area contributed by atoms with Gasteiger partial charge in [-0.1, -0.05) is 20.4 Å². The van der Waals surface area contributed by atoms with Crippen molar-refractivity contribution in [3.63, 3.8) is 0 Å². The van der Waals surface area contributed by atoms with Crippen LogP contribution in [-0.4, -0.2) is 60.4 Å². The lowest BCUT2D eigenvalue weighted by Crippen LogP contribution is -2.69. The highest BCUT2D eigenvalue weighted by atomic mass is 16.6. The number of hydrogen-bond acceptors (Lipinski definition) is 6. The Morgan fingerprint density at radius 2 is 1.31 bits per heavy atom. The minimum atomic E-state index is -0.533. The Labute approximate surface area is 192 Å². The zero-order valence-corrected chi connectivity index (χ0v) is 20.1. The fourth-order valence-corrected chi connectivity index (χ4v) is 7.24. The van der Waals surface area contributed by atoms with E-state index in [9.17, 15) is 4.79 Å². The van der Waals surface area contributed by atoms with Gasteiger partial charge in [-0.3, -0.25) is 0 Å². The number of ether oxygens (including phenoxy) is 5. The smallest absolute Gasteiger partial charge is 0.333 e. The second-order valence-electron chi connectivity index (χ2n) is 11.6. The van der Waals surface area contributed by atoms with Crippen LogP contribution in [-0.2, 0) is 28.5 Å². The monoisotopic (exact) mass is 448 g/mol. The molecule has 6 nitrogen and oxygen atoms in total. The van der Waals surface area contributed by atoms with Crippen molar-refractivity contribution >= 4 is 5.97 Å². The molecule has 0 aromatic heterocycles. The molecule has 4 aliphatic carbocycles. The molecule has 2 aliphatic heterocycles. The van der Waals surface area contributed by atoms with Crippen LogP contribution in [0.5, 0.6) is 0 Å². The second kappa shape index (κ2) is 7.79. The van der Waals surface area contributed by atoms with Gasteiger partial charge in [-0.15, -0.1) is 0 Å². The third-order valence-electron chi connectivity index (χ3n) is 9.08. The molecule has 0 aromatic carbocycles. The van der Waals surface area contributed by atoms with E-state index in [1.54, 1.807) is 6.92 Å². The highest BCUT2D eigenvalue weighted by Crippen LogP contribution is 2.63. The Hall–Kier alpha value is -0.950. The quantitative estimate of drug-likeness (QED) is 0.362. The van der Waals surface area contributed by atoms with Crippen molar-refractivity contribution in [3.8, 4) is 0 Å². The molecular formula is C26H40O6. The summed E-state index contributed by atoms with van der Waals surface area (Å²) in [6, 6.07) is 0. The van der Waals surface area contributed by atoms with Gasteiger partial charge >= 0.3 is 5.97 Å². The lowest BCUT2D eigenvalue weighted by Gasteiger charge is -2.65. The molecule has 4 unspecified atom stereocenters. The summed E-state index contributed by atoms with van der Waals surface area (Å²) < 4.78 is 31.6. The van der Waals surface area contributed by atoms with Crippen LogP contribution in [0.4, 0.5) is 0 Å². The molecule has 180 valence electrons. The molecule has 0 amide bonds. The van der Waals surface area contributed by atoms with E-state index in [-0.39, 0.29) is 28.4 Å². The van der Waals surface area contributed by atoms with Crippen LogP contribution < -0.4 is 0 Å². The molecule has 2 saturated heterocycles. The Morgan fingerprint density at radius 3 is 1.69 bits per heavy atom. The molecule has 32 heavy (non-hydrogen) atoms. The predicted octanol–water partition coefficient (Wildman–Crippen LogP) is 4.49. The molecule has 0 spiro atoms. The van der Waals surface area contributed by atoms with Crippen molar-refractivity contribution in [3.05, 3.63) is 12.2 Å². The van der Waals surface area contributed by atoms with Crippen LogP contribution in [0.25, 0.3) is 0 Å². The summed E-state index contributed by atoms with van der Waals surface area (Å²) in [5, 5.41) is 0. The molecule has 0 aromatic rings. The molecule has 6 heteroatoms. The number of carbonyl (C=O) groups excluding carboxylic acids is 1. The average Bonchev–Trinajstić information content (AvgIpc) is 2.65. The molecule has 6 fully saturated rings. The van der Waals surface area contributed by atoms with Gasteiger partial charge in [-0.05, 0) is 44.9 Å². The SMILES string of the molecule is C=C(C)C(=O)OC12CC3CC(OCC4(CC)CCO4)(CC(OCC4(CC)CCO4)(C3)C1)C2. The van der Waals surface area contributed by atoms with E-state index in [1.807, 2.05) is 0 Å². The molecule has 4 atom stereocenters. The van der Waals surface area contributed by atoms with Crippen molar-refractivity contribution in [2.75, 3.05) is 26.4 Å². The van der Waals surface area contributed by atoms with Crippen molar-refractivity contribution < 1.29 is 28.5 Å². The van der Waals surface area contributed by atoms with Gasteiger partial charge in [0, 0.05) is 37.7 Å². The number of carbonyl (C=O) groups is 1. The Bertz CT molecular complexity index is 713. The largest absolute Gasteiger partial charge is 0.455 e. The predicted molar refractivity (Wildman–Crippen MR) is 119 cm³/mol. The van der Waals surface area contributed by atoms with Crippen molar-refractivity contribution in [2.45, 2.75) is 113 Å². The first kappa shape index (κ1) is 22.8. The maximum Gasteiger partial charge on any atom is 0.333 e. The van der Waals surface area contributed by atoms with E-state index >= 15 is 0 Å². The highest BCUT2D eigenvalue weighted by molar-refractivity contribution is 5.87. The van der Waals surface area contributed by atoms with Crippen molar-refractivity contribution in [1.82, 2.24) is 0 Å². The third-order valence-corrected chi connectivity index (χ3v) is 9.08. The molecule has 6 rings (SSSR count). The Kier molecular flexibility index (Phi) is 5.56. The molecular weight excluding hydrogens is 408 g/mol. The molecule has 4 bridgehead atoms. The maximum atomic E-state index is 12.6. The van der Waals surface area contributed by atoms with Gasteiger partial charge in [0.15, 0.2) is 0 Å². The van der Waals surface area contributed by atoms with Crippen LogP contribution in [0.1, 0.15) is 85.0 Å². The van der Waals surface area contributed by atoms with Gasteiger partial charge < -0.3 is 23.7 Å². The van der Waals surface area contributed by atoms with Crippen LogP contribution in [0.15, 0.2) is 12.2 Å². The van der Waals surface area contributed by atoms with Gasteiger partial charge in [0.1, 0.15) is 5.60 Å². The summed E-state index contributed by atoms with van der Waals surface area (Å²) in [7, 11) is 0. The summed E-state index contributed by atoms with van der Waals surface area (Å²) in [5.74, 6) is 0.140.